The molecule has 1 heterocycles. The highest BCUT2D eigenvalue weighted by Crippen LogP contribution is 2.59. The van der Waals surface area contributed by atoms with E-state index in [9.17, 15) is 9.59 Å². The van der Waals surface area contributed by atoms with Gasteiger partial charge in [-0.1, -0.05) is 50.3 Å². The Morgan fingerprint density at radius 3 is 2.57 bits per heavy atom. The molecule has 1 saturated carbocycles. The summed E-state index contributed by atoms with van der Waals surface area (Å²) >= 11 is 0. The number of ether oxygens (including phenoxy) is 2. The summed E-state index contributed by atoms with van der Waals surface area (Å²) in [4.78, 5) is 24.1. The van der Waals surface area contributed by atoms with Gasteiger partial charge in [-0.15, -0.1) is 0 Å². The largest absolute Gasteiger partial charge is 0.469 e. The third-order valence-corrected chi connectivity index (χ3v) is 5.41. The first kappa shape index (κ1) is 19.9. The van der Waals surface area contributed by atoms with Crippen molar-refractivity contribution in [3.63, 3.8) is 0 Å². The molecule has 1 aliphatic rings. The van der Waals surface area contributed by atoms with Gasteiger partial charge in [0.15, 0.2) is 0 Å². The Morgan fingerprint density at radius 2 is 1.89 bits per heavy atom. The molecule has 0 aliphatic heterocycles. The summed E-state index contributed by atoms with van der Waals surface area (Å²) < 4.78 is 15.8. The fourth-order valence-corrected chi connectivity index (χ4v) is 3.57. The molecule has 0 radical (unpaired) electrons. The lowest BCUT2D eigenvalue weighted by Crippen LogP contribution is -2.10. The Bertz CT molecular complexity index is 875. The van der Waals surface area contributed by atoms with Crippen LogP contribution in [0.1, 0.15) is 37.7 Å². The van der Waals surface area contributed by atoms with Crippen LogP contribution in [0, 0.1) is 17.3 Å². The number of furan rings is 1. The third-order valence-electron chi connectivity index (χ3n) is 5.41. The summed E-state index contributed by atoms with van der Waals surface area (Å²) in [5.41, 5.74) is 2.27. The van der Waals surface area contributed by atoms with Crippen molar-refractivity contribution in [2.24, 2.45) is 17.3 Å². The van der Waals surface area contributed by atoms with Gasteiger partial charge in [0, 0.05) is 17.6 Å². The first-order valence-electron chi connectivity index (χ1n) is 9.36. The highest BCUT2D eigenvalue weighted by atomic mass is 16.5. The highest BCUT2D eigenvalue weighted by Gasteiger charge is 2.61. The number of hydrogen-bond acceptors (Lipinski definition) is 5. The number of benzene rings is 1. The molecular weight excluding hydrogens is 356 g/mol. The Balaban J connectivity index is 1.55. The molecule has 5 heteroatoms. The molecule has 1 aromatic carbocycles. The minimum absolute atomic E-state index is 0.0305. The monoisotopic (exact) mass is 382 g/mol. The lowest BCUT2D eigenvalue weighted by molar-refractivity contribution is -0.147. The Labute approximate surface area is 165 Å². The predicted octanol–water partition coefficient (Wildman–Crippen LogP) is 4.31. The molecule has 148 valence electrons. The lowest BCUT2D eigenvalue weighted by atomic mass is 10.1. The minimum atomic E-state index is -0.376. The second kappa shape index (κ2) is 8.05. The van der Waals surface area contributed by atoms with Gasteiger partial charge < -0.3 is 13.9 Å². The van der Waals surface area contributed by atoms with Gasteiger partial charge >= 0.3 is 11.9 Å². The molecule has 0 amide bonds. The van der Waals surface area contributed by atoms with E-state index in [4.69, 9.17) is 13.9 Å². The summed E-state index contributed by atoms with van der Waals surface area (Å²) in [7, 11) is 1.35. The fourth-order valence-electron chi connectivity index (χ4n) is 3.57. The van der Waals surface area contributed by atoms with Crippen LogP contribution in [-0.2, 0) is 32.1 Å². The van der Waals surface area contributed by atoms with Crippen LogP contribution in [-0.4, -0.2) is 19.0 Å². The molecule has 0 spiro atoms. The molecule has 1 unspecified atom stereocenters. The van der Waals surface area contributed by atoms with E-state index >= 15 is 0 Å². The van der Waals surface area contributed by atoms with E-state index in [2.05, 4.69) is 0 Å². The normalized spacial score (nSPS) is 20.5. The number of methoxy groups -OCH3 is 1. The Kier molecular flexibility index (Phi) is 5.73. The molecule has 3 rings (SSSR count). The first-order valence-corrected chi connectivity index (χ1v) is 9.36. The number of hydrogen-bond donors (Lipinski definition) is 0. The van der Waals surface area contributed by atoms with Crippen LogP contribution in [0.2, 0.25) is 0 Å². The molecule has 5 nitrogen and oxygen atoms in total. The van der Waals surface area contributed by atoms with Gasteiger partial charge in [0.2, 0.25) is 0 Å². The first-order chi connectivity index (χ1) is 13.3. The van der Waals surface area contributed by atoms with Gasteiger partial charge in [-0.25, -0.2) is 4.79 Å². The van der Waals surface area contributed by atoms with E-state index in [1.54, 1.807) is 13.2 Å². The fraction of sp³-hybridized carbons (Fsp3) is 0.391. The molecule has 28 heavy (non-hydrogen) atoms. The van der Waals surface area contributed by atoms with Gasteiger partial charge in [-0.05, 0) is 29.9 Å². The smallest absolute Gasteiger partial charge is 0.333 e. The molecule has 1 aromatic heterocycles. The van der Waals surface area contributed by atoms with Crippen molar-refractivity contribution in [1.82, 2.24) is 0 Å². The second-order valence-electron chi connectivity index (χ2n) is 7.86. The van der Waals surface area contributed by atoms with Crippen LogP contribution in [0.5, 0.6) is 0 Å². The molecular formula is C23H26O5. The van der Waals surface area contributed by atoms with Crippen LogP contribution >= 0.6 is 0 Å². The van der Waals surface area contributed by atoms with Gasteiger partial charge in [0.05, 0.1) is 19.3 Å². The lowest BCUT2D eigenvalue weighted by Gasteiger charge is -2.03. The summed E-state index contributed by atoms with van der Waals surface area (Å²) in [5, 5.41) is 0. The van der Waals surface area contributed by atoms with E-state index in [1.165, 1.54) is 7.11 Å². The van der Waals surface area contributed by atoms with Crippen molar-refractivity contribution in [1.29, 1.82) is 0 Å². The molecule has 1 fully saturated rings. The Hall–Kier alpha value is -2.82. The van der Waals surface area contributed by atoms with Crippen LogP contribution in [0.4, 0.5) is 0 Å². The van der Waals surface area contributed by atoms with Crippen molar-refractivity contribution in [2.45, 2.75) is 33.8 Å². The van der Waals surface area contributed by atoms with E-state index in [1.807, 2.05) is 56.3 Å². The molecule has 1 aliphatic carbocycles. The average Bonchev–Trinajstić information content (AvgIpc) is 3.00. The summed E-state index contributed by atoms with van der Waals surface area (Å²) in [6.45, 7) is 5.87. The molecule has 2 aromatic rings. The zero-order valence-electron chi connectivity index (χ0n) is 16.7. The van der Waals surface area contributed by atoms with Crippen molar-refractivity contribution >= 4 is 11.9 Å². The summed E-state index contributed by atoms with van der Waals surface area (Å²) in [6, 6.07) is 12.0. The van der Waals surface area contributed by atoms with Crippen LogP contribution in [0.3, 0.4) is 0 Å². The van der Waals surface area contributed by atoms with E-state index < -0.39 is 0 Å². The van der Waals surface area contributed by atoms with Crippen LogP contribution in [0.25, 0.3) is 0 Å². The number of allylic oxidation sites excluding steroid dienone is 1. The Morgan fingerprint density at radius 1 is 1.18 bits per heavy atom. The molecule has 0 N–H and O–H groups in total. The summed E-state index contributed by atoms with van der Waals surface area (Å²) in [5.74, 6) is -0.0905. The topological polar surface area (TPSA) is 65.7 Å². The maximum absolute atomic E-state index is 12.5. The quantitative estimate of drug-likeness (QED) is 0.527. The third kappa shape index (κ3) is 4.35. The van der Waals surface area contributed by atoms with Gasteiger partial charge in [-0.2, -0.15) is 0 Å². The van der Waals surface area contributed by atoms with E-state index in [-0.39, 0.29) is 35.8 Å². The minimum Gasteiger partial charge on any atom is -0.469 e. The molecule has 2 atom stereocenters. The SMILES string of the molecule is COC(=O)/C(C)=C/C1[C@H](C(=O)OCc2coc(Cc3ccccc3)c2)C1(C)C. The number of carbonyl (C=O) groups is 2. The van der Waals surface area contributed by atoms with Gasteiger partial charge in [0.1, 0.15) is 12.4 Å². The highest BCUT2D eigenvalue weighted by molar-refractivity contribution is 5.88. The zero-order chi connectivity index (χ0) is 20.3. The number of esters is 2. The van der Waals surface area contributed by atoms with Crippen molar-refractivity contribution < 1.29 is 23.5 Å². The maximum Gasteiger partial charge on any atom is 0.333 e. The maximum atomic E-state index is 12.5. The van der Waals surface area contributed by atoms with Crippen LogP contribution < -0.4 is 0 Å². The summed E-state index contributed by atoms with van der Waals surface area (Å²) in [6.07, 6.45) is 4.14. The van der Waals surface area contributed by atoms with E-state index in [0.29, 0.717) is 12.0 Å². The average molecular weight is 382 g/mol. The van der Waals surface area contributed by atoms with Crippen molar-refractivity contribution in [3.8, 4) is 0 Å². The zero-order valence-corrected chi connectivity index (χ0v) is 16.7. The number of carbonyl (C=O) groups excluding carboxylic acids is 2. The molecule has 0 saturated heterocycles. The predicted molar refractivity (Wildman–Crippen MR) is 104 cm³/mol. The number of rotatable bonds is 7. The van der Waals surface area contributed by atoms with Crippen molar-refractivity contribution in [3.05, 3.63) is 71.2 Å². The van der Waals surface area contributed by atoms with E-state index in [0.717, 1.165) is 16.9 Å². The second-order valence-corrected chi connectivity index (χ2v) is 7.86. The standard InChI is InChI=1S/C23H26O5/c1-15(21(24)26-4)10-19-20(23(19,2)3)22(25)28-14-17-12-18(27-13-17)11-16-8-6-5-7-9-16/h5-10,12-13,19-20H,11,14H2,1-4H3/b15-10+/t19?,20-/m1/s1. The van der Waals surface area contributed by atoms with Gasteiger partial charge in [-0.3, -0.25) is 4.79 Å². The van der Waals surface area contributed by atoms with Gasteiger partial charge in [0.25, 0.3) is 0 Å². The van der Waals surface area contributed by atoms with Crippen LogP contribution in [0.15, 0.2) is 58.7 Å². The molecule has 0 bridgehead atoms. The van der Waals surface area contributed by atoms with Crippen molar-refractivity contribution in [2.75, 3.05) is 7.11 Å².